The van der Waals surface area contributed by atoms with E-state index in [0.29, 0.717) is 18.0 Å². The van der Waals surface area contributed by atoms with Gasteiger partial charge in [0.15, 0.2) is 0 Å². The van der Waals surface area contributed by atoms with Crippen LogP contribution in [0.2, 0.25) is 5.02 Å². The molecule has 1 aromatic rings. The molecule has 2 atom stereocenters. The standard InChI is InChI=1S/C19H25ClN2O/c1-11-5-13(6-11)17-9-14(3-4-18(17)20)21-19(23)22-15-7-12(2)8-16(22)10-15/h3-4,9,11-13,15-16H,5-8,10H2,1-2H3,(H,21,23). The monoisotopic (exact) mass is 332 g/mol. The fourth-order valence-electron chi connectivity index (χ4n) is 4.76. The molecule has 3 aliphatic rings. The predicted octanol–water partition coefficient (Wildman–Crippen LogP) is 5.26. The van der Waals surface area contributed by atoms with Crippen LogP contribution in [0.15, 0.2) is 18.2 Å². The number of urea groups is 1. The number of hydrogen-bond donors (Lipinski definition) is 1. The Morgan fingerprint density at radius 1 is 1.09 bits per heavy atom. The van der Waals surface area contributed by atoms with Gasteiger partial charge in [-0.1, -0.05) is 25.4 Å². The van der Waals surface area contributed by atoms with Crippen LogP contribution >= 0.6 is 11.6 Å². The number of anilines is 1. The molecule has 2 amide bonds. The Bertz CT molecular complexity index is 614. The molecule has 3 fully saturated rings. The van der Waals surface area contributed by atoms with E-state index in [0.717, 1.165) is 35.4 Å². The third-order valence-corrected chi connectivity index (χ3v) is 6.32. The van der Waals surface area contributed by atoms with Crippen molar-refractivity contribution in [2.24, 2.45) is 11.8 Å². The Labute approximate surface area is 143 Å². The van der Waals surface area contributed by atoms with E-state index in [9.17, 15) is 4.79 Å². The Kier molecular flexibility index (Phi) is 3.79. The second-order valence-corrected chi connectivity index (χ2v) is 8.37. The largest absolute Gasteiger partial charge is 0.322 e. The minimum absolute atomic E-state index is 0.0633. The quantitative estimate of drug-likeness (QED) is 0.787. The highest BCUT2D eigenvalue weighted by atomic mass is 35.5. The third kappa shape index (κ3) is 2.73. The fraction of sp³-hybridized carbons (Fsp3) is 0.632. The van der Waals surface area contributed by atoms with Gasteiger partial charge in [0.05, 0.1) is 0 Å². The zero-order valence-corrected chi connectivity index (χ0v) is 14.6. The van der Waals surface area contributed by atoms with Crippen molar-refractivity contribution in [3.63, 3.8) is 0 Å². The first-order chi connectivity index (χ1) is 11.0. The van der Waals surface area contributed by atoms with Crippen molar-refractivity contribution >= 4 is 23.3 Å². The number of carbonyl (C=O) groups excluding carboxylic acids is 1. The molecule has 2 aliphatic heterocycles. The number of amides is 2. The molecule has 124 valence electrons. The SMILES string of the molecule is CC1CC(c2cc(NC(=O)N3C4CC(C)CC3C4)ccc2Cl)C1. The molecular formula is C19H25ClN2O. The molecule has 2 bridgehead atoms. The average Bonchev–Trinajstić information content (AvgIpc) is 2.45. The molecule has 0 spiro atoms. The van der Waals surface area contributed by atoms with E-state index in [-0.39, 0.29) is 6.03 Å². The van der Waals surface area contributed by atoms with E-state index in [2.05, 4.69) is 30.1 Å². The highest BCUT2D eigenvalue weighted by molar-refractivity contribution is 6.31. The molecular weight excluding hydrogens is 308 g/mol. The summed E-state index contributed by atoms with van der Waals surface area (Å²) in [6.07, 6.45) is 5.88. The Morgan fingerprint density at radius 2 is 1.74 bits per heavy atom. The number of nitrogens with zero attached hydrogens (tertiary/aromatic N) is 1. The Hall–Kier alpha value is -1.22. The summed E-state index contributed by atoms with van der Waals surface area (Å²) >= 11 is 6.36. The molecule has 1 aliphatic carbocycles. The summed E-state index contributed by atoms with van der Waals surface area (Å²) in [6, 6.07) is 6.88. The lowest BCUT2D eigenvalue weighted by molar-refractivity contribution is -0.00601. The Morgan fingerprint density at radius 3 is 2.39 bits per heavy atom. The molecule has 0 radical (unpaired) electrons. The summed E-state index contributed by atoms with van der Waals surface area (Å²) < 4.78 is 0. The maximum absolute atomic E-state index is 12.6. The molecule has 3 nitrogen and oxygen atoms in total. The minimum Gasteiger partial charge on any atom is -0.318 e. The van der Waals surface area contributed by atoms with Crippen LogP contribution in [0.25, 0.3) is 0 Å². The van der Waals surface area contributed by atoms with Gasteiger partial charge in [-0.25, -0.2) is 4.79 Å². The number of piperidine rings is 1. The van der Waals surface area contributed by atoms with Crippen molar-refractivity contribution in [3.8, 4) is 0 Å². The van der Waals surface area contributed by atoms with Gasteiger partial charge in [0.1, 0.15) is 0 Å². The van der Waals surface area contributed by atoms with E-state index >= 15 is 0 Å². The summed E-state index contributed by atoms with van der Waals surface area (Å²) in [4.78, 5) is 14.7. The molecule has 1 N–H and O–H groups in total. The van der Waals surface area contributed by atoms with Gasteiger partial charge in [0.25, 0.3) is 0 Å². The fourth-order valence-corrected chi connectivity index (χ4v) is 5.03. The van der Waals surface area contributed by atoms with Crippen LogP contribution in [0.3, 0.4) is 0 Å². The number of halogens is 1. The summed E-state index contributed by atoms with van der Waals surface area (Å²) in [6.45, 7) is 4.57. The molecule has 2 heterocycles. The lowest BCUT2D eigenvalue weighted by atomic mass is 9.72. The number of nitrogens with one attached hydrogen (secondary N) is 1. The molecule has 0 aromatic heterocycles. The topological polar surface area (TPSA) is 32.3 Å². The number of carbonyl (C=O) groups is 1. The maximum atomic E-state index is 12.6. The highest BCUT2D eigenvalue weighted by Crippen LogP contribution is 2.45. The third-order valence-electron chi connectivity index (χ3n) is 5.98. The summed E-state index contributed by atoms with van der Waals surface area (Å²) in [5.41, 5.74) is 2.08. The van der Waals surface area contributed by atoms with Crippen LogP contribution < -0.4 is 5.32 Å². The highest BCUT2D eigenvalue weighted by Gasteiger charge is 2.46. The van der Waals surface area contributed by atoms with Crippen LogP contribution in [-0.4, -0.2) is 23.0 Å². The van der Waals surface area contributed by atoms with Gasteiger partial charge >= 0.3 is 6.03 Å². The van der Waals surface area contributed by atoms with Crippen molar-refractivity contribution in [3.05, 3.63) is 28.8 Å². The zero-order valence-electron chi connectivity index (χ0n) is 13.9. The molecule has 1 aromatic carbocycles. The predicted molar refractivity (Wildman–Crippen MR) is 94.0 cm³/mol. The van der Waals surface area contributed by atoms with E-state index in [1.165, 1.54) is 24.8 Å². The number of hydrogen-bond acceptors (Lipinski definition) is 1. The van der Waals surface area contributed by atoms with Crippen molar-refractivity contribution < 1.29 is 4.79 Å². The first kappa shape index (κ1) is 15.3. The van der Waals surface area contributed by atoms with E-state index in [1.807, 2.05) is 12.1 Å². The first-order valence-electron chi connectivity index (χ1n) is 8.90. The van der Waals surface area contributed by atoms with Crippen molar-refractivity contribution in [1.82, 2.24) is 4.90 Å². The van der Waals surface area contributed by atoms with Crippen LogP contribution in [0.4, 0.5) is 10.5 Å². The van der Waals surface area contributed by atoms with Gasteiger partial charge in [-0.05, 0) is 73.6 Å². The van der Waals surface area contributed by atoms with Crippen LogP contribution in [-0.2, 0) is 0 Å². The average molecular weight is 333 g/mol. The molecule has 2 saturated heterocycles. The Balaban J connectivity index is 1.45. The zero-order chi connectivity index (χ0) is 16.1. The van der Waals surface area contributed by atoms with Crippen LogP contribution in [0, 0.1) is 11.8 Å². The number of fused-ring (bicyclic) bond motifs is 2. The molecule has 2 unspecified atom stereocenters. The lowest BCUT2D eigenvalue weighted by Gasteiger charge is -2.54. The van der Waals surface area contributed by atoms with Gasteiger partial charge in [0, 0.05) is 22.8 Å². The van der Waals surface area contributed by atoms with E-state index in [4.69, 9.17) is 11.6 Å². The van der Waals surface area contributed by atoms with E-state index in [1.54, 1.807) is 0 Å². The van der Waals surface area contributed by atoms with Crippen molar-refractivity contribution in [2.75, 3.05) is 5.32 Å². The minimum atomic E-state index is 0.0633. The molecule has 1 saturated carbocycles. The molecule has 23 heavy (non-hydrogen) atoms. The van der Waals surface area contributed by atoms with Gasteiger partial charge in [-0.3, -0.25) is 0 Å². The van der Waals surface area contributed by atoms with Gasteiger partial charge in [-0.15, -0.1) is 0 Å². The summed E-state index contributed by atoms with van der Waals surface area (Å²) in [5, 5.41) is 3.93. The summed E-state index contributed by atoms with van der Waals surface area (Å²) in [7, 11) is 0. The molecule has 4 heteroatoms. The van der Waals surface area contributed by atoms with Crippen molar-refractivity contribution in [1.29, 1.82) is 0 Å². The van der Waals surface area contributed by atoms with Gasteiger partial charge in [0.2, 0.25) is 0 Å². The summed E-state index contributed by atoms with van der Waals surface area (Å²) in [5.74, 6) is 2.10. The maximum Gasteiger partial charge on any atom is 0.322 e. The van der Waals surface area contributed by atoms with Gasteiger partial charge < -0.3 is 10.2 Å². The normalized spacial score (nSPS) is 35.3. The lowest BCUT2D eigenvalue weighted by Crippen LogP contribution is -2.63. The van der Waals surface area contributed by atoms with Crippen LogP contribution in [0.1, 0.15) is 57.4 Å². The second kappa shape index (κ2) is 5.70. The smallest absolute Gasteiger partial charge is 0.318 e. The molecule has 4 rings (SSSR count). The van der Waals surface area contributed by atoms with Crippen LogP contribution in [0.5, 0.6) is 0 Å². The van der Waals surface area contributed by atoms with Gasteiger partial charge in [-0.2, -0.15) is 0 Å². The first-order valence-corrected chi connectivity index (χ1v) is 9.27. The second-order valence-electron chi connectivity index (χ2n) is 7.97. The number of rotatable bonds is 2. The van der Waals surface area contributed by atoms with E-state index < -0.39 is 0 Å². The number of benzene rings is 1. The van der Waals surface area contributed by atoms with Crippen molar-refractivity contribution in [2.45, 2.75) is 64.0 Å².